The van der Waals surface area contributed by atoms with E-state index in [0.717, 1.165) is 17.0 Å². The van der Waals surface area contributed by atoms with Gasteiger partial charge in [-0.3, -0.25) is 0 Å². The average Bonchev–Trinajstić information content (AvgIpc) is 2.90. The van der Waals surface area contributed by atoms with E-state index in [1.54, 1.807) is 6.92 Å². The molecule has 0 heterocycles. The van der Waals surface area contributed by atoms with E-state index >= 15 is 0 Å². The fourth-order valence-corrected chi connectivity index (χ4v) is 3.39. The van der Waals surface area contributed by atoms with Gasteiger partial charge in [0, 0.05) is 19.6 Å². The summed E-state index contributed by atoms with van der Waals surface area (Å²) in [4.78, 5) is 25.5. The topological polar surface area (TPSA) is 104 Å². The number of rotatable bonds is 16. The Balaban J connectivity index is 2.09. The van der Waals surface area contributed by atoms with Gasteiger partial charge in [0.05, 0.1) is 13.2 Å². The lowest BCUT2D eigenvalue weighted by Crippen LogP contribution is -2.39. The lowest BCUT2D eigenvalue weighted by atomic mass is 9.96. The van der Waals surface area contributed by atoms with Crippen LogP contribution in [-0.4, -0.2) is 73.9 Å². The van der Waals surface area contributed by atoms with E-state index in [-0.39, 0.29) is 32.9 Å². The minimum atomic E-state index is -5.03. The van der Waals surface area contributed by atoms with Crippen molar-refractivity contribution in [2.45, 2.75) is 45.1 Å². The van der Waals surface area contributed by atoms with Crippen molar-refractivity contribution in [3.05, 3.63) is 54.1 Å². The molecule has 0 bridgehead atoms. The molecule has 14 heteroatoms. The molecule has 0 aliphatic rings. The summed E-state index contributed by atoms with van der Waals surface area (Å²) in [5.74, 6) is -5.18. The van der Waals surface area contributed by atoms with E-state index in [9.17, 15) is 36.6 Å². The van der Waals surface area contributed by atoms with E-state index in [0.29, 0.717) is 11.3 Å². The number of aliphatic carboxylic acids is 1. The number of hydrogen-bond donors (Lipinski definition) is 1. The molecule has 0 aliphatic carbocycles. The normalized spacial score (nSPS) is 13.3. The van der Waals surface area contributed by atoms with Crippen LogP contribution >= 0.6 is 0 Å². The predicted molar refractivity (Wildman–Crippen MR) is 135 cm³/mol. The number of hydrogen-bond acceptors (Lipinski definition) is 7. The molecule has 1 unspecified atom stereocenters. The number of alkyl halides is 5. The van der Waals surface area contributed by atoms with Gasteiger partial charge in [0.15, 0.2) is 17.1 Å². The highest BCUT2D eigenvalue weighted by atomic mass is 19.4. The fraction of sp³-hybridized carbons (Fsp3) is 0.481. The number of carbonyl (C=O) groups excluding carboxylic acids is 1. The maximum Gasteiger partial charge on any atom is 0.573 e. The van der Waals surface area contributed by atoms with Gasteiger partial charge in [-0.05, 0) is 43.7 Å². The highest BCUT2D eigenvalue weighted by Gasteiger charge is 2.36. The monoisotopic (exact) mass is 593 g/mol. The lowest BCUT2D eigenvalue weighted by molar-refractivity contribution is -0.275. The van der Waals surface area contributed by atoms with Crippen LogP contribution in [0.3, 0.4) is 0 Å². The highest BCUT2D eigenvalue weighted by molar-refractivity contribution is 5.79. The number of carboxylic acid groups (broad SMARTS) is 1. The van der Waals surface area contributed by atoms with Crippen LogP contribution in [0.15, 0.2) is 48.5 Å². The molecule has 2 aromatic carbocycles. The van der Waals surface area contributed by atoms with Gasteiger partial charge in [-0.25, -0.2) is 18.4 Å². The van der Waals surface area contributed by atoms with E-state index in [1.807, 2.05) is 0 Å². The second-order valence-corrected chi connectivity index (χ2v) is 8.76. The van der Waals surface area contributed by atoms with E-state index in [2.05, 4.69) is 4.74 Å². The Labute approximate surface area is 233 Å². The second-order valence-electron chi connectivity index (χ2n) is 8.76. The first-order valence-electron chi connectivity index (χ1n) is 12.6. The molecule has 1 atom stereocenters. The average molecular weight is 594 g/mol. The molecule has 41 heavy (non-hydrogen) atoms. The summed E-state index contributed by atoms with van der Waals surface area (Å²) in [5.41, 5.74) is -1.21. The first-order chi connectivity index (χ1) is 19.2. The Morgan fingerprint density at radius 3 is 2.07 bits per heavy atom. The SMILES string of the molecule is CCOC(C)(C(=O)O)c1ccc(OCCN(CCOCC(F)(F)CC)C(=O)Oc2ccccc2OC(F)(F)F)cc1. The van der Waals surface area contributed by atoms with Gasteiger partial charge in [-0.15, -0.1) is 13.2 Å². The van der Waals surface area contributed by atoms with Crippen molar-refractivity contribution in [1.29, 1.82) is 0 Å². The summed E-state index contributed by atoms with van der Waals surface area (Å²) in [5, 5.41) is 9.55. The molecule has 2 aromatic rings. The Morgan fingerprint density at radius 1 is 0.902 bits per heavy atom. The van der Waals surface area contributed by atoms with Gasteiger partial charge in [0.25, 0.3) is 5.92 Å². The molecule has 1 N–H and O–H groups in total. The van der Waals surface area contributed by atoms with Gasteiger partial charge in [-0.2, -0.15) is 0 Å². The molecule has 0 aromatic heterocycles. The van der Waals surface area contributed by atoms with Gasteiger partial charge in [0.1, 0.15) is 19.0 Å². The number of para-hydroxylation sites is 2. The Kier molecular flexibility index (Phi) is 12.1. The predicted octanol–water partition coefficient (Wildman–Crippen LogP) is 5.86. The van der Waals surface area contributed by atoms with E-state index < -0.39 is 54.5 Å². The van der Waals surface area contributed by atoms with Crippen LogP contribution in [-0.2, 0) is 19.9 Å². The van der Waals surface area contributed by atoms with Crippen LogP contribution in [0.25, 0.3) is 0 Å². The molecule has 2 rings (SSSR count). The van der Waals surface area contributed by atoms with E-state index in [4.69, 9.17) is 18.9 Å². The fourth-order valence-electron chi connectivity index (χ4n) is 3.39. The number of halogens is 5. The van der Waals surface area contributed by atoms with Crippen molar-refractivity contribution in [3.8, 4) is 17.2 Å². The zero-order chi connectivity index (χ0) is 30.7. The third-order valence-corrected chi connectivity index (χ3v) is 5.74. The molecule has 9 nitrogen and oxygen atoms in total. The molecule has 0 saturated carbocycles. The smallest absolute Gasteiger partial charge is 0.492 e. The third-order valence-electron chi connectivity index (χ3n) is 5.74. The Morgan fingerprint density at radius 2 is 1.51 bits per heavy atom. The van der Waals surface area contributed by atoms with Crippen LogP contribution in [0.4, 0.5) is 26.7 Å². The van der Waals surface area contributed by atoms with Gasteiger partial charge >= 0.3 is 18.4 Å². The molecule has 0 saturated heterocycles. The first-order valence-corrected chi connectivity index (χ1v) is 12.6. The number of nitrogens with zero attached hydrogens (tertiary/aromatic N) is 1. The maximum atomic E-state index is 13.5. The minimum absolute atomic E-state index is 0.137. The quantitative estimate of drug-likeness (QED) is 0.191. The summed E-state index contributed by atoms with van der Waals surface area (Å²) in [6.45, 7) is 2.79. The molecule has 0 radical (unpaired) electrons. The first kappa shape index (κ1) is 33.6. The number of carbonyl (C=O) groups is 2. The molecule has 0 spiro atoms. The summed E-state index contributed by atoms with van der Waals surface area (Å²) < 4.78 is 90.2. The maximum absolute atomic E-state index is 13.5. The molecular weight excluding hydrogens is 561 g/mol. The van der Waals surface area contributed by atoms with Gasteiger partial charge < -0.3 is 33.7 Å². The lowest BCUT2D eigenvalue weighted by Gasteiger charge is -2.25. The number of ether oxygens (including phenoxy) is 5. The molecule has 0 aliphatic heterocycles. The summed E-state index contributed by atoms with van der Waals surface area (Å²) in [7, 11) is 0. The standard InChI is InChI=1S/C27H32F5NO8/c1-4-26(28,29)18-37-16-14-33(24(36)40-21-8-6-7-9-22(21)41-27(30,31)32)15-17-38-20-12-10-19(11-13-20)25(3,23(34)35)39-5-2/h6-13H,4-5,14-18H2,1-3H3,(H,34,35). The van der Waals surface area contributed by atoms with Crippen molar-refractivity contribution in [2.75, 3.05) is 39.5 Å². The molecule has 0 fully saturated rings. The highest BCUT2D eigenvalue weighted by Crippen LogP contribution is 2.32. The van der Waals surface area contributed by atoms with Crippen molar-refractivity contribution in [3.63, 3.8) is 0 Å². The van der Waals surface area contributed by atoms with Crippen LogP contribution in [0.2, 0.25) is 0 Å². The van der Waals surface area contributed by atoms with Crippen molar-refractivity contribution in [1.82, 2.24) is 4.90 Å². The molecular formula is C27H32F5NO8. The van der Waals surface area contributed by atoms with Gasteiger partial charge in [-0.1, -0.05) is 31.2 Å². The van der Waals surface area contributed by atoms with Crippen molar-refractivity contribution < 1.29 is 60.3 Å². The number of amides is 1. The number of carboxylic acids is 1. The van der Waals surface area contributed by atoms with E-state index in [1.165, 1.54) is 50.2 Å². The molecule has 1 amide bonds. The van der Waals surface area contributed by atoms with Crippen LogP contribution in [0.1, 0.15) is 32.8 Å². The van der Waals surface area contributed by atoms with Gasteiger partial charge in [0.2, 0.25) is 0 Å². The number of benzene rings is 2. The Bertz CT molecular complexity index is 1130. The van der Waals surface area contributed by atoms with Crippen LogP contribution in [0.5, 0.6) is 17.2 Å². The third kappa shape index (κ3) is 10.7. The summed E-state index contributed by atoms with van der Waals surface area (Å²) >= 11 is 0. The van der Waals surface area contributed by atoms with Crippen molar-refractivity contribution in [2.24, 2.45) is 0 Å². The largest absolute Gasteiger partial charge is 0.573 e. The zero-order valence-electron chi connectivity index (χ0n) is 22.7. The summed E-state index contributed by atoms with van der Waals surface area (Å²) in [6.07, 6.45) is -6.58. The van der Waals surface area contributed by atoms with Crippen molar-refractivity contribution >= 4 is 12.1 Å². The zero-order valence-corrected chi connectivity index (χ0v) is 22.7. The van der Waals surface area contributed by atoms with Crippen LogP contribution in [0, 0.1) is 0 Å². The summed E-state index contributed by atoms with van der Waals surface area (Å²) in [6, 6.07) is 10.7. The van der Waals surface area contributed by atoms with Crippen LogP contribution < -0.4 is 14.2 Å². The Hall–Kier alpha value is -3.65. The minimum Gasteiger partial charge on any atom is -0.492 e. The second kappa shape index (κ2) is 14.8. The molecule has 228 valence electrons.